The standard InChI is InChI=1S/C19H21FN6O2/c1-3-8-21-19(27)26-9-7-15-14(11-26)16(23-25(15)2)18-22-17(24-28-18)12-5-4-6-13(20)10-12/h4-6,10H,3,7-9,11H2,1-2H3,(H,21,27). The zero-order chi connectivity index (χ0) is 19.7. The summed E-state index contributed by atoms with van der Waals surface area (Å²) in [5.74, 6) is 0.182. The van der Waals surface area contributed by atoms with Gasteiger partial charge >= 0.3 is 6.03 Å². The molecule has 2 amide bonds. The molecule has 0 spiro atoms. The van der Waals surface area contributed by atoms with E-state index in [9.17, 15) is 9.18 Å². The van der Waals surface area contributed by atoms with Crippen LogP contribution in [0.4, 0.5) is 9.18 Å². The van der Waals surface area contributed by atoms with Crippen molar-refractivity contribution in [2.75, 3.05) is 13.1 Å². The topological polar surface area (TPSA) is 89.1 Å². The number of aryl methyl sites for hydroxylation is 1. The molecule has 2 aromatic heterocycles. The molecule has 0 fully saturated rings. The first kappa shape index (κ1) is 18.1. The second-order valence-corrected chi connectivity index (χ2v) is 6.73. The third-order valence-corrected chi connectivity index (χ3v) is 4.77. The van der Waals surface area contributed by atoms with Gasteiger partial charge in [-0.2, -0.15) is 10.1 Å². The van der Waals surface area contributed by atoms with Crippen molar-refractivity contribution in [3.63, 3.8) is 0 Å². The maximum Gasteiger partial charge on any atom is 0.317 e. The fourth-order valence-electron chi connectivity index (χ4n) is 3.35. The molecular weight excluding hydrogens is 363 g/mol. The summed E-state index contributed by atoms with van der Waals surface area (Å²) in [6, 6.07) is 5.93. The van der Waals surface area contributed by atoms with E-state index in [2.05, 4.69) is 20.6 Å². The molecule has 0 atom stereocenters. The van der Waals surface area contributed by atoms with Crippen molar-refractivity contribution in [1.82, 2.24) is 30.1 Å². The number of nitrogens with zero attached hydrogens (tertiary/aromatic N) is 5. The Kier molecular flexibility index (Phi) is 4.81. The van der Waals surface area contributed by atoms with Gasteiger partial charge < -0.3 is 14.7 Å². The first-order valence-electron chi connectivity index (χ1n) is 9.24. The van der Waals surface area contributed by atoms with Gasteiger partial charge in [-0.1, -0.05) is 24.2 Å². The Hall–Kier alpha value is -3.23. The highest BCUT2D eigenvalue weighted by atomic mass is 19.1. The predicted octanol–water partition coefficient (Wildman–Crippen LogP) is 2.75. The Morgan fingerprint density at radius 3 is 3.04 bits per heavy atom. The minimum atomic E-state index is -0.368. The number of amides is 2. The molecule has 4 rings (SSSR count). The highest BCUT2D eigenvalue weighted by Crippen LogP contribution is 2.30. The van der Waals surface area contributed by atoms with Crippen molar-refractivity contribution in [3.8, 4) is 23.0 Å². The van der Waals surface area contributed by atoms with E-state index in [0.717, 1.165) is 17.7 Å². The largest absolute Gasteiger partial charge is 0.338 e. The van der Waals surface area contributed by atoms with Gasteiger partial charge in [0.2, 0.25) is 5.82 Å². The van der Waals surface area contributed by atoms with Crippen molar-refractivity contribution in [1.29, 1.82) is 0 Å². The monoisotopic (exact) mass is 384 g/mol. The molecule has 1 aliphatic rings. The summed E-state index contributed by atoms with van der Waals surface area (Å²) in [6.45, 7) is 3.70. The van der Waals surface area contributed by atoms with Crippen LogP contribution < -0.4 is 5.32 Å². The Morgan fingerprint density at radius 1 is 1.39 bits per heavy atom. The van der Waals surface area contributed by atoms with E-state index >= 15 is 0 Å². The molecule has 146 valence electrons. The van der Waals surface area contributed by atoms with E-state index < -0.39 is 0 Å². The van der Waals surface area contributed by atoms with Crippen LogP contribution in [0.5, 0.6) is 0 Å². The third kappa shape index (κ3) is 3.35. The molecule has 3 aromatic rings. The van der Waals surface area contributed by atoms with Gasteiger partial charge in [-0.3, -0.25) is 4.68 Å². The van der Waals surface area contributed by atoms with Gasteiger partial charge in [-0.25, -0.2) is 9.18 Å². The molecule has 3 heterocycles. The highest BCUT2D eigenvalue weighted by Gasteiger charge is 2.29. The zero-order valence-corrected chi connectivity index (χ0v) is 15.8. The van der Waals surface area contributed by atoms with E-state index in [1.807, 2.05) is 14.0 Å². The van der Waals surface area contributed by atoms with E-state index in [4.69, 9.17) is 4.52 Å². The zero-order valence-electron chi connectivity index (χ0n) is 15.8. The van der Waals surface area contributed by atoms with E-state index in [1.54, 1.807) is 21.7 Å². The van der Waals surface area contributed by atoms with Gasteiger partial charge in [0.05, 0.1) is 6.54 Å². The average molecular weight is 384 g/mol. The fourth-order valence-corrected chi connectivity index (χ4v) is 3.35. The van der Waals surface area contributed by atoms with Crippen LogP contribution in [0, 0.1) is 5.82 Å². The summed E-state index contributed by atoms with van der Waals surface area (Å²) in [6.07, 6.45) is 1.58. The molecule has 0 unspecified atom stereocenters. The van der Waals surface area contributed by atoms with E-state index in [-0.39, 0.29) is 17.7 Å². The summed E-state index contributed by atoms with van der Waals surface area (Å²) in [5, 5.41) is 11.4. The van der Waals surface area contributed by atoms with Crippen LogP contribution in [0.3, 0.4) is 0 Å². The number of aromatic nitrogens is 4. The minimum absolute atomic E-state index is 0.0896. The Labute approximate surface area is 161 Å². The van der Waals surface area contributed by atoms with Crippen LogP contribution in [0.2, 0.25) is 0 Å². The average Bonchev–Trinajstić information content (AvgIpc) is 3.31. The quantitative estimate of drug-likeness (QED) is 0.747. The number of halogens is 1. The maximum absolute atomic E-state index is 13.5. The lowest BCUT2D eigenvalue weighted by molar-refractivity contribution is 0.192. The Balaban J connectivity index is 1.63. The summed E-state index contributed by atoms with van der Waals surface area (Å²) < 4.78 is 20.7. The number of urea groups is 1. The molecule has 0 saturated heterocycles. The van der Waals surface area contributed by atoms with Gasteiger partial charge in [0.25, 0.3) is 5.89 Å². The fraction of sp³-hybridized carbons (Fsp3) is 0.368. The number of rotatable bonds is 4. The molecule has 0 saturated carbocycles. The Bertz CT molecular complexity index is 1010. The second-order valence-electron chi connectivity index (χ2n) is 6.73. The van der Waals surface area contributed by atoms with Crippen LogP contribution >= 0.6 is 0 Å². The lowest BCUT2D eigenvalue weighted by Gasteiger charge is -2.27. The molecule has 0 radical (unpaired) electrons. The third-order valence-electron chi connectivity index (χ3n) is 4.77. The Morgan fingerprint density at radius 2 is 2.25 bits per heavy atom. The minimum Gasteiger partial charge on any atom is -0.338 e. The SMILES string of the molecule is CCCNC(=O)N1CCc2c(c(-c3nc(-c4cccc(F)c4)no3)nn2C)C1. The van der Waals surface area contributed by atoms with E-state index in [1.165, 1.54) is 12.1 Å². The number of benzene rings is 1. The summed E-state index contributed by atoms with van der Waals surface area (Å²) in [7, 11) is 1.86. The van der Waals surface area contributed by atoms with Crippen LogP contribution in [0.15, 0.2) is 28.8 Å². The molecule has 8 nitrogen and oxygen atoms in total. The lowest BCUT2D eigenvalue weighted by Crippen LogP contribution is -2.43. The number of fused-ring (bicyclic) bond motifs is 1. The molecular formula is C19H21FN6O2. The summed E-state index contributed by atoms with van der Waals surface area (Å²) in [5.41, 5.74) is 3.02. The van der Waals surface area contributed by atoms with Gasteiger partial charge in [-0.05, 0) is 18.6 Å². The first-order valence-corrected chi connectivity index (χ1v) is 9.24. The molecule has 0 bridgehead atoms. The molecule has 1 aromatic carbocycles. The molecule has 9 heteroatoms. The molecule has 0 aliphatic carbocycles. The van der Waals surface area contributed by atoms with Crippen LogP contribution in [0.25, 0.3) is 23.0 Å². The van der Waals surface area contributed by atoms with Crippen molar-refractivity contribution in [2.45, 2.75) is 26.3 Å². The first-order chi connectivity index (χ1) is 13.6. The van der Waals surface area contributed by atoms with Crippen molar-refractivity contribution in [3.05, 3.63) is 41.3 Å². The van der Waals surface area contributed by atoms with Crippen LogP contribution in [-0.2, 0) is 20.0 Å². The van der Waals surface area contributed by atoms with Crippen molar-refractivity contribution >= 4 is 6.03 Å². The number of carbonyl (C=O) groups excluding carboxylic acids is 1. The number of hydrogen-bond donors (Lipinski definition) is 1. The van der Waals surface area contributed by atoms with Gasteiger partial charge in [-0.15, -0.1) is 0 Å². The molecule has 1 N–H and O–H groups in total. The predicted molar refractivity (Wildman–Crippen MR) is 99.7 cm³/mol. The summed E-state index contributed by atoms with van der Waals surface area (Å²) >= 11 is 0. The smallest absolute Gasteiger partial charge is 0.317 e. The normalized spacial score (nSPS) is 13.5. The van der Waals surface area contributed by atoms with Gasteiger partial charge in [0, 0.05) is 43.4 Å². The number of carbonyl (C=O) groups is 1. The van der Waals surface area contributed by atoms with Crippen LogP contribution in [0.1, 0.15) is 24.6 Å². The van der Waals surface area contributed by atoms with Crippen LogP contribution in [-0.4, -0.2) is 43.9 Å². The summed E-state index contributed by atoms with van der Waals surface area (Å²) in [4.78, 5) is 18.5. The van der Waals surface area contributed by atoms with Gasteiger partial charge in [0.1, 0.15) is 5.82 Å². The second kappa shape index (κ2) is 7.41. The van der Waals surface area contributed by atoms with Crippen molar-refractivity contribution in [2.24, 2.45) is 7.05 Å². The molecule has 1 aliphatic heterocycles. The number of hydrogen-bond acceptors (Lipinski definition) is 5. The molecule has 28 heavy (non-hydrogen) atoms. The van der Waals surface area contributed by atoms with Gasteiger partial charge in [0.15, 0.2) is 5.69 Å². The maximum atomic E-state index is 13.5. The number of nitrogens with one attached hydrogen (secondary N) is 1. The highest BCUT2D eigenvalue weighted by molar-refractivity contribution is 5.75. The van der Waals surface area contributed by atoms with Crippen molar-refractivity contribution < 1.29 is 13.7 Å². The lowest BCUT2D eigenvalue weighted by atomic mass is 10.1. The van der Waals surface area contributed by atoms with E-state index in [0.29, 0.717) is 43.1 Å².